The lowest BCUT2D eigenvalue weighted by Crippen LogP contribution is -2.22. The summed E-state index contributed by atoms with van der Waals surface area (Å²) in [5, 5.41) is 8.93. The Morgan fingerprint density at radius 2 is 2.08 bits per heavy atom. The standard InChI is InChI=1S/C9H14O4/c1-5-6(4-10)11-8-7(5)12-9(2,3)13-8/h7-8,10H,4H2,1-3H3/t7-,8-/m0/s1. The van der Waals surface area contributed by atoms with Crippen molar-refractivity contribution in [1.29, 1.82) is 0 Å². The van der Waals surface area contributed by atoms with Gasteiger partial charge in [-0.25, -0.2) is 0 Å². The molecule has 1 N–H and O–H groups in total. The Kier molecular flexibility index (Phi) is 1.87. The minimum Gasteiger partial charge on any atom is -0.463 e. The predicted octanol–water partition coefficient (Wildman–Crippen LogP) is 0.760. The Morgan fingerprint density at radius 1 is 1.38 bits per heavy atom. The smallest absolute Gasteiger partial charge is 0.232 e. The van der Waals surface area contributed by atoms with Crippen molar-refractivity contribution in [3.05, 3.63) is 11.3 Å². The van der Waals surface area contributed by atoms with E-state index >= 15 is 0 Å². The lowest BCUT2D eigenvalue weighted by atomic mass is 10.2. The van der Waals surface area contributed by atoms with Crippen molar-refractivity contribution in [2.24, 2.45) is 0 Å². The van der Waals surface area contributed by atoms with Crippen LogP contribution >= 0.6 is 0 Å². The summed E-state index contributed by atoms with van der Waals surface area (Å²) >= 11 is 0. The minimum atomic E-state index is -0.586. The molecule has 2 rings (SSSR count). The third-order valence-electron chi connectivity index (χ3n) is 2.33. The molecule has 0 radical (unpaired) electrons. The second-order valence-corrected chi connectivity index (χ2v) is 3.81. The molecule has 0 amide bonds. The molecule has 0 aromatic carbocycles. The zero-order chi connectivity index (χ0) is 9.64. The molecular weight excluding hydrogens is 172 g/mol. The van der Waals surface area contributed by atoms with E-state index in [2.05, 4.69) is 0 Å². The normalized spacial score (nSPS) is 36.3. The first-order valence-electron chi connectivity index (χ1n) is 4.36. The number of aliphatic hydroxyl groups excluding tert-OH is 1. The maximum Gasteiger partial charge on any atom is 0.232 e. The molecule has 0 spiro atoms. The Bertz CT molecular complexity index is 256. The molecule has 0 unspecified atom stereocenters. The summed E-state index contributed by atoms with van der Waals surface area (Å²) in [6.45, 7) is 5.49. The van der Waals surface area contributed by atoms with Gasteiger partial charge in [0.25, 0.3) is 0 Å². The van der Waals surface area contributed by atoms with Gasteiger partial charge in [0.05, 0.1) is 0 Å². The van der Waals surface area contributed by atoms with Crippen molar-refractivity contribution in [1.82, 2.24) is 0 Å². The largest absolute Gasteiger partial charge is 0.463 e. The van der Waals surface area contributed by atoms with Crippen LogP contribution in [0.5, 0.6) is 0 Å². The van der Waals surface area contributed by atoms with Crippen LogP contribution in [0.25, 0.3) is 0 Å². The summed E-state index contributed by atoms with van der Waals surface area (Å²) < 4.78 is 16.4. The zero-order valence-electron chi connectivity index (χ0n) is 8.03. The second-order valence-electron chi connectivity index (χ2n) is 3.81. The number of ether oxygens (including phenoxy) is 3. The van der Waals surface area contributed by atoms with Gasteiger partial charge in [-0.15, -0.1) is 0 Å². The highest BCUT2D eigenvalue weighted by Crippen LogP contribution is 2.39. The maximum absolute atomic E-state index is 8.93. The van der Waals surface area contributed by atoms with E-state index in [9.17, 15) is 0 Å². The average molecular weight is 186 g/mol. The van der Waals surface area contributed by atoms with E-state index < -0.39 is 5.79 Å². The highest BCUT2D eigenvalue weighted by atomic mass is 16.8. The molecule has 0 aromatic heterocycles. The Labute approximate surface area is 77.1 Å². The molecule has 4 heteroatoms. The van der Waals surface area contributed by atoms with Crippen LogP contribution in [0.1, 0.15) is 20.8 Å². The van der Waals surface area contributed by atoms with Gasteiger partial charge in [-0.05, 0) is 20.8 Å². The summed E-state index contributed by atoms with van der Waals surface area (Å²) in [4.78, 5) is 0. The highest BCUT2D eigenvalue weighted by molar-refractivity contribution is 5.19. The molecule has 74 valence electrons. The first-order chi connectivity index (χ1) is 6.03. The monoisotopic (exact) mass is 186 g/mol. The van der Waals surface area contributed by atoms with Gasteiger partial charge < -0.3 is 19.3 Å². The lowest BCUT2D eigenvalue weighted by Gasteiger charge is -2.18. The van der Waals surface area contributed by atoms with E-state index in [1.807, 2.05) is 20.8 Å². The van der Waals surface area contributed by atoms with Crippen molar-refractivity contribution in [2.45, 2.75) is 39.0 Å². The van der Waals surface area contributed by atoms with Crippen LogP contribution in [-0.4, -0.2) is 29.9 Å². The topological polar surface area (TPSA) is 47.9 Å². The van der Waals surface area contributed by atoms with Gasteiger partial charge >= 0.3 is 0 Å². The SMILES string of the molecule is CC1=C(CO)O[C@H]2OC(C)(C)O[C@@H]12. The molecule has 0 aliphatic carbocycles. The number of rotatable bonds is 1. The third kappa shape index (κ3) is 1.35. The minimum absolute atomic E-state index is 0.0913. The predicted molar refractivity (Wildman–Crippen MR) is 44.7 cm³/mol. The highest BCUT2D eigenvalue weighted by Gasteiger charge is 2.48. The van der Waals surface area contributed by atoms with Crippen LogP contribution in [0.2, 0.25) is 0 Å². The quantitative estimate of drug-likeness (QED) is 0.656. The summed E-state index contributed by atoms with van der Waals surface area (Å²) in [6.07, 6.45) is -0.533. The van der Waals surface area contributed by atoms with Gasteiger partial charge in [0.1, 0.15) is 18.5 Å². The fraction of sp³-hybridized carbons (Fsp3) is 0.778. The van der Waals surface area contributed by atoms with Crippen LogP contribution in [-0.2, 0) is 14.2 Å². The van der Waals surface area contributed by atoms with Gasteiger partial charge in [0.15, 0.2) is 5.79 Å². The van der Waals surface area contributed by atoms with Gasteiger partial charge in [-0.1, -0.05) is 0 Å². The first-order valence-corrected chi connectivity index (χ1v) is 4.36. The van der Waals surface area contributed by atoms with Crippen LogP contribution in [0, 0.1) is 0 Å². The van der Waals surface area contributed by atoms with Gasteiger partial charge in [-0.2, -0.15) is 0 Å². The van der Waals surface area contributed by atoms with E-state index in [-0.39, 0.29) is 19.0 Å². The maximum atomic E-state index is 8.93. The molecular formula is C9H14O4. The van der Waals surface area contributed by atoms with Crippen LogP contribution in [0.3, 0.4) is 0 Å². The second kappa shape index (κ2) is 2.70. The van der Waals surface area contributed by atoms with E-state index in [1.54, 1.807) is 0 Å². The van der Waals surface area contributed by atoms with Crippen LogP contribution < -0.4 is 0 Å². The number of aliphatic hydroxyl groups is 1. The molecule has 4 nitrogen and oxygen atoms in total. The van der Waals surface area contributed by atoms with Crippen molar-refractivity contribution in [3.63, 3.8) is 0 Å². The molecule has 2 atom stereocenters. The molecule has 1 fully saturated rings. The zero-order valence-corrected chi connectivity index (χ0v) is 8.03. The van der Waals surface area contributed by atoms with E-state index in [0.29, 0.717) is 5.76 Å². The molecule has 2 aliphatic heterocycles. The molecule has 2 aliphatic rings. The summed E-state index contributed by atoms with van der Waals surface area (Å²) in [7, 11) is 0. The molecule has 0 bridgehead atoms. The van der Waals surface area contributed by atoms with E-state index in [1.165, 1.54) is 0 Å². The third-order valence-corrected chi connectivity index (χ3v) is 2.33. The summed E-state index contributed by atoms with van der Waals surface area (Å²) in [5.41, 5.74) is 0.929. The Hall–Kier alpha value is -0.580. The molecule has 0 aromatic rings. The molecule has 1 saturated heterocycles. The molecule has 0 saturated carbocycles. The number of hydrogen-bond acceptors (Lipinski definition) is 4. The van der Waals surface area contributed by atoms with Crippen molar-refractivity contribution < 1.29 is 19.3 Å². The number of fused-ring (bicyclic) bond motifs is 1. The molecule has 2 heterocycles. The summed E-state index contributed by atoms with van der Waals surface area (Å²) in [5.74, 6) is -0.0112. The summed E-state index contributed by atoms with van der Waals surface area (Å²) in [6, 6.07) is 0. The lowest BCUT2D eigenvalue weighted by molar-refractivity contribution is -0.183. The molecule has 13 heavy (non-hydrogen) atoms. The van der Waals surface area contributed by atoms with Gasteiger partial charge in [-0.3, -0.25) is 0 Å². The van der Waals surface area contributed by atoms with Gasteiger partial charge in [0.2, 0.25) is 6.29 Å². The van der Waals surface area contributed by atoms with Crippen molar-refractivity contribution in [3.8, 4) is 0 Å². The fourth-order valence-electron chi connectivity index (χ4n) is 1.66. The van der Waals surface area contributed by atoms with Crippen LogP contribution in [0.15, 0.2) is 11.3 Å². The fourth-order valence-corrected chi connectivity index (χ4v) is 1.66. The Morgan fingerprint density at radius 3 is 2.62 bits per heavy atom. The Balaban J connectivity index is 2.18. The first kappa shape index (κ1) is 8.99. The average Bonchev–Trinajstić information content (AvgIpc) is 2.47. The van der Waals surface area contributed by atoms with Crippen molar-refractivity contribution in [2.75, 3.05) is 6.61 Å². The van der Waals surface area contributed by atoms with Crippen molar-refractivity contribution >= 4 is 0 Å². The van der Waals surface area contributed by atoms with Gasteiger partial charge in [0, 0.05) is 5.57 Å². The van der Waals surface area contributed by atoms with Crippen LogP contribution in [0.4, 0.5) is 0 Å². The number of hydrogen-bond donors (Lipinski definition) is 1. The van der Waals surface area contributed by atoms with E-state index in [0.717, 1.165) is 5.57 Å². The van der Waals surface area contributed by atoms with E-state index in [4.69, 9.17) is 19.3 Å².